The van der Waals surface area contributed by atoms with Gasteiger partial charge in [-0.2, -0.15) is 5.26 Å². The maximum absolute atomic E-state index is 9.22. The molecule has 0 spiro atoms. The zero-order valence-electron chi connectivity index (χ0n) is 10.1. The SMILES string of the molecule is N#CC(Cc1ccccc1)Nc1ccc(Cl)c(Br)c1. The van der Waals surface area contributed by atoms with Crippen molar-refractivity contribution in [3.63, 3.8) is 0 Å². The number of hydrogen-bond donors (Lipinski definition) is 1. The van der Waals surface area contributed by atoms with Crippen LogP contribution in [0.4, 0.5) is 5.69 Å². The van der Waals surface area contributed by atoms with E-state index >= 15 is 0 Å². The van der Waals surface area contributed by atoms with Crippen LogP contribution >= 0.6 is 27.5 Å². The van der Waals surface area contributed by atoms with Crippen molar-refractivity contribution in [3.8, 4) is 6.07 Å². The van der Waals surface area contributed by atoms with Crippen LogP contribution in [0.5, 0.6) is 0 Å². The van der Waals surface area contributed by atoms with Gasteiger partial charge in [-0.3, -0.25) is 0 Å². The fraction of sp³-hybridized carbons (Fsp3) is 0.133. The summed E-state index contributed by atoms with van der Waals surface area (Å²) in [6.07, 6.45) is 0.664. The maximum atomic E-state index is 9.22. The molecule has 1 N–H and O–H groups in total. The minimum Gasteiger partial charge on any atom is -0.370 e. The molecule has 1 unspecified atom stereocenters. The van der Waals surface area contributed by atoms with E-state index in [9.17, 15) is 5.26 Å². The van der Waals surface area contributed by atoms with Gasteiger partial charge in [0.25, 0.3) is 0 Å². The van der Waals surface area contributed by atoms with Gasteiger partial charge < -0.3 is 5.32 Å². The monoisotopic (exact) mass is 334 g/mol. The summed E-state index contributed by atoms with van der Waals surface area (Å²) in [4.78, 5) is 0. The lowest BCUT2D eigenvalue weighted by Crippen LogP contribution is -2.20. The quantitative estimate of drug-likeness (QED) is 0.883. The van der Waals surface area contributed by atoms with E-state index < -0.39 is 0 Å². The molecule has 0 amide bonds. The van der Waals surface area contributed by atoms with Crippen LogP contribution in [0, 0.1) is 11.3 Å². The molecule has 2 aromatic carbocycles. The first-order chi connectivity index (χ1) is 9.19. The summed E-state index contributed by atoms with van der Waals surface area (Å²) < 4.78 is 0.815. The third-order valence-electron chi connectivity index (χ3n) is 2.70. The van der Waals surface area contributed by atoms with Crippen molar-refractivity contribution in [2.75, 3.05) is 5.32 Å². The average Bonchev–Trinajstić information content (AvgIpc) is 2.43. The second-order valence-electron chi connectivity index (χ2n) is 4.14. The molecule has 0 bridgehead atoms. The molecule has 0 fully saturated rings. The lowest BCUT2D eigenvalue weighted by Gasteiger charge is -2.13. The predicted molar refractivity (Wildman–Crippen MR) is 82.3 cm³/mol. The number of hydrogen-bond acceptors (Lipinski definition) is 2. The summed E-state index contributed by atoms with van der Waals surface area (Å²) in [6.45, 7) is 0. The average molecular weight is 336 g/mol. The van der Waals surface area contributed by atoms with Crippen LogP contribution in [0.3, 0.4) is 0 Å². The number of halogens is 2. The highest BCUT2D eigenvalue weighted by Crippen LogP contribution is 2.26. The molecule has 0 aliphatic heterocycles. The van der Waals surface area contributed by atoms with Gasteiger partial charge in [-0.05, 0) is 39.7 Å². The minimum atomic E-state index is -0.268. The molecule has 4 heteroatoms. The Kier molecular flexibility index (Phi) is 4.84. The Labute approximate surface area is 126 Å². The van der Waals surface area contributed by atoms with Crippen molar-refractivity contribution >= 4 is 33.2 Å². The van der Waals surface area contributed by atoms with Crippen LogP contribution in [-0.4, -0.2) is 6.04 Å². The first-order valence-corrected chi connectivity index (χ1v) is 7.01. The molecule has 0 aliphatic rings. The van der Waals surface area contributed by atoms with Crippen molar-refractivity contribution in [1.29, 1.82) is 5.26 Å². The molecule has 0 saturated carbocycles. The Morgan fingerprint density at radius 1 is 1.21 bits per heavy atom. The first-order valence-electron chi connectivity index (χ1n) is 5.84. The van der Waals surface area contributed by atoms with E-state index in [0.29, 0.717) is 11.4 Å². The number of benzene rings is 2. The third-order valence-corrected chi connectivity index (χ3v) is 3.91. The smallest absolute Gasteiger partial charge is 0.118 e. The van der Waals surface area contributed by atoms with Crippen LogP contribution in [0.1, 0.15) is 5.56 Å². The van der Waals surface area contributed by atoms with E-state index in [1.807, 2.05) is 42.5 Å². The van der Waals surface area contributed by atoms with Gasteiger partial charge in [0.15, 0.2) is 0 Å². The summed E-state index contributed by atoms with van der Waals surface area (Å²) in [7, 11) is 0. The number of rotatable bonds is 4. The fourth-order valence-electron chi connectivity index (χ4n) is 1.77. The zero-order chi connectivity index (χ0) is 13.7. The van der Waals surface area contributed by atoms with Crippen LogP contribution in [-0.2, 0) is 6.42 Å². The minimum absolute atomic E-state index is 0.268. The van der Waals surface area contributed by atoms with Gasteiger partial charge in [-0.25, -0.2) is 0 Å². The normalized spacial score (nSPS) is 11.6. The van der Waals surface area contributed by atoms with Gasteiger partial charge in [-0.1, -0.05) is 41.9 Å². The zero-order valence-corrected chi connectivity index (χ0v) is 12.4. The van der Waals surface area contributed by atoms with Crippen LogP contribution in [0.25, 0.3) is 0 Å². The van der Waals surface area contributed by atoms with Crippen molar-refractivity contribution in [3.05, 3.63) is 63.6 Å². The Hall–Kier alpha value is -1.50. The molecular weight excluding hydrogens is 324 g/mol. The van der Waals surface area contributed by atoms with Crippen LogP contribution < -0.4 is 5.32 Å². The van der Waals surface area contributed by atoms with E-state index in [2.05, 4.69) is 27.3 Å². The van der Waals surface area contributed by atoms with Crippen molar-refractivity contribution in [2.45, 2.75) is 12.5 Å². The highest BCUT2D eigenvalue weighted by atomic mass is 79.9. The molecule has 0 heterocycles. The van der Waals surface area contributed by atoms with Crippen LogP contribution in [0.2, 0.25) is 5.02 Å². The largest absolute Gasteiger partial charge is 0.370 e. The summed E-state index contributed by atoms with van der Waals surface area (Å²) in [5.41, 5.74) is 2.01. The van der Waals surface area contributed by atoms with E-state index in [1.54, 1.807) is 6.07 Å². The molecule has 2 rings (SSSR count). The Bertz CT molecular complexity index is 593. The van der Waals surface area contributed by atoms with Gasteiger partial charge in [0, 0.05) is 16.6 Å². The summed E-state index contributed by atoms with van der Waals surface area (Å²) >= 11 is 9.31. The lowest BCUT2D eigenvalue weighted by molar-refractivity contribution is 0.876. The van der Waals surface area contributed by atoms with E-state index in [1.165, 1.54) is 0 Å². The fourth-order valence-corrected chi connectivity index (χ4v) is 2.26. The van der Waals surface area contributed by atoms with E-state index in [4.69, 9.17) is 11.6 Å². The standard InChI is InChI=1S/C15H12BrClN2/c16-14-9-12(6-7-15(14)17)19-13(10-18)8-11-4-2-1-3-5-11/h1-7,9,13,19H,8H2. The van der Waals surface area contributed by atoms with Gasteiger partial charge >= 0.3 is 0 Å². The summed E-state index contributed by atoms with van der Waals surface area (Å²) in [5.74, 6) is 0. The highest BCUT2D eigenvalue weighted by molar-refractivity contribution is 9.10. The molecule has 96 valence electrons. The topological polar surface area (TPSA) is 35.8 Å². The van der Waals surface area contributed by atoms with Crippen molar-refractivity contribution < 1.29 is 0 Å². The Morgan fingerprint density at radius 2 is 1.95 bits per heavy atom. The molecule has 2 nitrogen and oxygen atoms in total. The van der Waals surface area contributed by atoms with Gasteiger partial charge in [-0.15, -0.1) is 0 Å². The molecular formula is C15H12BrClN2. The van der Waals surface area contributed by atoms with Gasteiger partial charge in [0.05, 0.1) is 11.1 Å². The molecule has 0 saturated heterocycles. The van der Waals surface area contributed by atoms with Gasteiger partial charge in [0.1, 0.15) is 6.04 Å². The van der Waals surface area contributed by atoms with Crippen molar-refractivity contribution in [1.82, 2.24) is 0 Å². The second-order valence-corrected chi connectivity index (χ2v) is 5.41. The Morgan fingerprint density at radius 3 is 2.58 bits per heavy atom. The number of nitriles is 1. The van der Waals surface area contributed by atoms with E-state index in [-0.39, 0.29) is 6.04 Å². The molecule has 0 aliphatic carbocycles. The van der Waals surface area contributed by atoms with Crippen LogP contribution in [0.15, 0.2) is 53.0 Å². The molecule has 0 aromatic heterocycles. The predicted octanol–water partition coefficient (Wildman–Crippen LogP) is 4.65. The molecule has 1 atom stereocenters. The third kappa shape index (κ3) is 3.99. The van der Waals surface area contributed by atoms with Crippen molar-refractivity contribution in [2.24, 2.45) is 0 Å². The number of nitrogens with one attached hydrogen (secondary N) is 1. The van der Waals surface area contributed by atoms with Gasteiger partial charge in [0.2, 0.25) is 0 Å². The molecule has 0 radical (unpaired) electrons. The highest BCUT2D eigenvalue weighted by Gasteiger charge is 2.09. The Balaban J connectivity index is 2.07. The number of nitrogens with zero attached hydrogens (tertiary/aromatic N) is 1. The number of anilines is 1. The lowest BCUT2D eigenvalue weighted by atomic mass is 10.1. The maximum Gasteiger partial charge on any atom is 0.118 e. The molecule has 2 aromatic rings. The molecule has 19 heavy (non-hydrogen) atoms. The van der Waals surface area contributed by atoms with E-state index in [0.717, 1.165) is 15.7 Å². The summed E-state index contributed by atoms with van der Waals surface area (Å²) in [5, 5.41) is 13.1. The first kappa shape index (κ1) is 13.9. The second kappa shape index (κ2) is 6.60. The summed E-state index contributed by atoms with van der Waals surface area (Å²) in [6, 6.07) is 17.5.